The summed E-state index contributed by atoms with van der Waals surface area (Å²) in [4.78, 5) is 4.35. The van der Waals surface area contributed by atoms with Crippen molar-refractivity contribution in [2.45, 2.75) is 13.0 Å². The summed E-state index contributed by atoms with van der Waals surface area (Å²) >= 11 is 0. The fourth-order valence-electron chi connectivity index (χ4n) is 2.08. The molecule has 0 radical (unpaired) electrons. The highest BCUT2D eigenvalue weighted by molar-refractivity contribution is 14.0. The lowest BCUT2D eigenvalue weighted by molar-refractivity contribution is 0.111. The molecule has 2 aromatic carbocycles. The van der Waals surface area contributed by atoms with Crippen molar-refractivity contribution in [1.29, 1.82) is 0 Å². The van der Waals surface area contributed by atoms with E-state index in [-0.39, 0.29) is 30.1 Å². The van der Waals surface area contributed by atoms with Crippen LogP contribution in [-0.2, 0) is 4.74 Å². The Balaban J connectivity index is 0.00000242. The standard InChI is InChI=1S/C17H21N3O.HI/c1-13-7-6-10-15(11-13)20-17(18)19-12-16(21-2)14-8-4-3-5-9-14;/h3-11,16H,12H2,1-2H3,(H3,18,19,20);1H. The summed E-state index contributed by atoms with van der Waals surface area (Å²) in [5, 5.41) is 3.09. The number of nitrogens with two attached hydrogens (primary N) is 1. The van der Waals surface area contributed by atoms with Crippen LogP contribution in [0.15, 0.2) is 59.6 Å². The average molecular weight is 411 g/mol. The van der Waals surface area contributed by atoms with E-state index in [1.54, 1.807) is 7.11 Å². The van der Waals surface area contributed by atoms with Gasteiger partial charge in [0.2, 0.25) is 0 Å². The summed E-state index contributed by atoms with van der Waals surface area (Å²) in [6, 6.07) is 18.0. The van der Waals surface area contributed by atoms with E-state index in [0.717, 1.165) is 11.3 Å². The van der Waals surface area contributed by atoms with Crippen molar-refractivity contribution in [3.05, 3.63) is 65.7 Å². The Labute approximate surface area is 148 Å². The molecule has 5 heteroatoms. The lowest BCUT2D eigenvalue weighted by Gasteiger charge is -2.14. The molecule has 22 heavy (non-hydrogen) atoms. The molecule has 0 bridgehead atoms. The number of rotatable bonds is 5. The van der Waals surface area contributed by atoms with E-state index in [4.69, 9.17) is 10.5 Å². The van der Waals surface area contributed by atoms with Gasteiger partial charge in [0.05, 0.1) is 6.54 Å². The number of hydrogen-bond donors (Lipinski definition) is 2. The van der Waals surface area contributed by atoms with Gasteiger partial charge in [-0.1, -0.05) is 42.5 Å². The third-order valence-electron chi connectivity index (χ3n) is 3.17. The van der Waals surface area contributed by atoms with Crippen molar-refractivity contribution in [1.82, 2.24) is 0 Å². The quantitative estimate of drug-likeness (QED) is 0.448. The van der Waals surface area contributed by atoms with Gasteiger partial charge in [-0.15, -0.1) is 24.0 Å². The van der Waals surface area contributed by atoms with Crippen LogP contribution in [0.1, 0.15) is 17.2 Å². The molecule has 2 rings (SSSR count). The maximum absolute atomic E-state index is 5.92. The van der Waals surface area contributed by atoms with Crippen LogP contribution in [0, 0.1) is 6.92 Å². The first-order chi connectivity index (χ1) is 10.2. The predicted molar refractivity (Wildman–Crippen MR) is 103 cm³/mol. The topological polar surface area (TPSA) is 59.6 Å². The maximum Gasteiger partial charge on any atom is 0.193 e. The molecular formula is C17H22IN3O. The molecule has 3 N–H and O–H groups in total. The maximum atomic E-state index is 5.92. The lowest BCUT2D eigenvalue weighted by atomic mass is 10.1. The molecule has 0 aliphatic heterocycles. The molecule has 0 amide bonds. The summed E-state index contributed by atoms with van der Waals surface area (Å²) in [7, 11) is 1.68. The number of benzene rings is 2. The van der Waals surface area contributed by atoms with Gasteiger partial charge in [-0.2, -0.15) is 0 Å². The van der Waals surface area contributed by atoms with Gasteiger partial charge in [0, 0.05) is 12.8 Å². The third-order valence-corrected chi connectivity index (χ3v) is 3.17. The number of halogens is 1. The minimum Gasteiger partial charge on any atom is -0.375 e. The largest absolute Gasteiger partial charge is 0.375 e. The van der Waals surface area contributed by atoms with E-state index >= 15 is 0 Å². The molecule has 0 saturated carbocycles. The van der Waals surface area contributed by atoms with Gasteiger partial charge < -0.3 is 15.8 Å². The van der Waals surface area contributed by atoms with Gasteiger partial charge >= 0.3 is 0 Å². The summed E-state index contributed by atoms with van der Waals surface area (Å²) in [6.07, 6.45) is -0.0935. The molecule has 0 heterocycles. The molecule has 2 aromatic rings. The number of ether oxygens (including phenoxy) is 1. The van der Waals surface area contributed by atoms with Crippen LogP contribution in [0.2, 0.25) is 0 Å². The minimum absolute atomic E-state index is 0. The zero-order chi connectivity index (χ0) is 15.1. The highest BCUT2D eigenvalue weighted by Crippen LogP contribution is 2.16. The van der Waals surface area contributed by atoms with Crippen molar-refractivity contribution < 1.29 is 4.74 Å². The van der Waals surface area contributed by atoms with E-state index in [0.29, 0.717) is 12.5 Å². The molecule has 0 saturated heterocycles. The molecule has 0 aromatic heterocycles. The Morgan fingerprint density at radius 1 is 1.18 bits per heavy atom. The van der Waals surface area contributed by atoms with Gasteiger partial charge in [-0.3, -0.25) is 4.99 Å². The van der Waals surface area contributed by atoms with Crippen LogP contribution in [-0.4, -0.2) is 19.6 Å². The van der Waals surface area contributed by atoms with Crippen molar-refractivity contribution in [3.8, 4) is 0 Å². The zero-order valence-corrected chi connectivity index (χ0v) is 15.2. The van der Waals surface area contributed by atoms with Gasteiger partial charge in [-0.05, 0) is 30.2 Å². The predicted octanol–water partition coefficient (Wildman–Crippen LogP) is 3.73. The first kappa shape index (κ1) is 18.4. The van der Waals surface area contributed by atoms with E-state index < -0.39 is 0 Å². The van der Waals surface area contributed by atoms with Crippen molar-refractivity contribution >= 4 is 35.6 Å². The fraction of sp³-hybridized carbons (Fsp3) is 0.235. The number of methoxy groups -OCH3 is 1. The molecular weight excluding hydrogens is 389 g/mol. The Morgan fingerprint density at radius 3 is 2.55 bits per heavy atom. The van der Waals surface area contributed by atoms with Crippen LogP contribution >= 0.6 is 24.0 Å². The Morgan fingerprint density at radius 2 is 1.91 bits per heavy atom. The summed E-state index contributed by atoms with van der Waals surface area (Å²) < 4.78 is 5.47. The van der Waals surface area contributed by atoms with Crippen LogP contribution < -0.4 is 11.1 Å². The van der Waals surface area contributed by atoms with Gasteiger partial charge in [0.15, 0.2) is 5.96 Å². The highest BCUT2D eigenvalue weighted by atomic mass is 127. The molecule has 118 valence electrons. The lowest BCUT2D eigenvalue weighted by Crippen LogP contribution is -2.23. The molecule has 1 atom stereocenters. The van der Waals surface area contributed by atoms with E-state index in [1.165, 1.54) is 5.56 Å². The number of anilines is 1. The van der Waals surface area contributed by atoms with E-state index in [1.807, 2.05) is 61.5 Å². The second-order valence-electron chi connectivity index (χ2n) is 4.86. The first-order valence-electron chi connectivity index (χ1n) is 6.90. The zero-order valence-electron chi connectivity index (χ0n) is 12.8. The van der Waals surface area contributed by atoms with Crippen molar-refractivity contribution in [2.75, 3.05) is 19.0 Å². The van der Waals surface area contributed by atoms with Gasteiger partial charge in [-0.25, -0.2) is 0 Å². The van der Waals surface area contributed by atoms with Crippen molar-refractivity contribution in [2.24, 2.45) is 10.7 Å². The Kier molecular flexibility index (Phi) is 7.90. The van der Waals surface area contributed by atoms with Gasteiger partial charge in [0.1, 0.15) is 6.10 Å². The average Bonchev–Trinajstić information content (AvgIpc) is 2.49. The van der Waals surface area contributed by atoms with E-state index in [9.17, 15) is 0 Å². The Bertz CT molecular complexity index is 602. The van der Waals surface area contributed by atoms with Crippen LogP contribution in [0.25, 0.3) is 0 Å². The number of aryl methyl sites for hydroxylation is 1. The molecule has 0 aliphatic rings. The smallest absolute Gasteiger partial charge is 0.193 e. The number of guanidine groups is 1. The van der Waals surface area contributed by atoms with Crippen LogP contribution in [0.3, 0.4) is 0 Å². The second-order valence-corrected chi connectivity index (χ2v) is 4.86. The second kappa shape index (κ2) is 9.42. The monoisotopic (exact) mass is 411 g/mol. The first-order valence-corrected chi connectivity index (χ1v) is 6.90. The molecule has 0 aliphatic carbocycles. The molecule has 0 spiro atoms. The molecule has 4 nitrogen and oxygen atoms in total. The van der Waals surface area contributed by atoms with E-state index in [2.05, 4.69) is 10.3 Å². The number of nitrogens with one attached hydrogen (secondary N) is 1. The summed E-state index contributed by atoms with van der Waals surface area (Å²) in [5.74, 6) is 0.388. The minimum atomic E-state index is -0.0935. The third kappa shape index (κ3) is 5.65. The SMILES string of the molecule is COC(CN=C(N)Nc1cccc(C)c1)c1ccccc1.I. The van der Waals surface area contributed by atoms with Crippen LogP contribution in [0.4, 0.5) is 5.69 Å². The number of hydrogen-bond acceptors (Lipinski definition) is 2. The van der Waals surface area contributed by atoms with Crippen LogP contribution in [0.5, 0.6) is 0 Å². The Hall–Kier alpha value is -1.60. The summed E-state index contributed by atoms with van der Waals surface area (Å²) in [5.41, 5.74) is 9.12. The normalized spacial score (nSPS) is 12.4. The number of nitrogens with zero attached hydrogens (tertiary/aromatic N) is 1. The highest BCUT2D eigenvalue weighted by Gasteiger charge is 2.09. The molecule has 0 fully saturated rings. The summed E-state index contributed by atoms with van der Waals surface area (Å²) in [6.45, 7) is 2.51. The van der Waals surface area contributed by atoms with Crippen molar-refractivity contribution in [3.63, 3.8) is 0 Å². The molecule has 1 unspecified atom stereocenters. The number of aliphatic imine (C=N–C) groups is 1. The fourth-order valence-corrected chi connectivity index (χ4v) is 2.08. The van der Waals surface area contributed by atoms with Gasteiger partial charge in [0.25, 0.3) is 0 Å².